The smallest absolute Gasteiger partial charge is 0.289 e. The summed E-state index contributed by atoms with van der Waals surface area (Å²) >= 11 is 5.91. The fourth-order valence-electron chi connectivity index (χ4n) is 2.86. The Kier molecular flexibility index (Phi) is 4.33. The second-order valence-corrected chi connectivity index (χ2v) is 6.30. The summed E-state index contributed by atoms with van der Waals surface area (Å²) in [4.78, 5) is 14.4. The third-order valence-corrected chi connectivity index (χ3v) is 4.04. The SMILES string of the molecule is CC1CN(C(=O)c2ccc(-c3ccc(Cl)cc3N)o2)CC(C)O1. The lowest BCUT2D eigenvalue weighted by Crippen LogP contribution is -2.48. The maximum atomic E-state index is 12.6. The molecule has 2 N–H and O–H groups in total. The molecule has 5 nitrogen and oxygen atoms in total. The molecule has 122 valence electrons. The van der Waals surface area contributed by atoms with Gasteiger partial charge in [-0.25, -0.2) is 0 Å². The molecule has 3 rings (SSSR count). The van der Waals surface area contributed by atoms with Gasteiger partial charge in [-0.1, -0.05) is 11.6 Å². The molecule has 0 saturated carbocycles. The molecule has 2 atom stereocenters. The number of halogens is 1. The molecule has 2 aromatic rings. The largest absolute Gasteiger partial charge is 0.451 e. The van der Waals surface area contributed by atoms with E-state index in [2.05, 4.69) is 0 Å². The molecule has 6 heteroatoms. The Labute approximate surface area is 140 Å². The van der Waals surface area contributed by atoms with Gasteiger partial charge in [0.15, 0.2) is 5.76 Å². The molecular formula is C17H19ClN2O3. The molecule has 2 unspecified atom stereocenters. The predicted octanol–water partition coefficient (Wildman–Crippen LogP) is 3.43. The van der Waals surface area contributed by atoms with E-state index in [1.54, 1.807) is 35.2 Å². The molecule has 1 fully saturated rings. The summed E-state index contributed by atoms with van der Waals surface area (Å²) in [6.45, 7) is 5.03. The zero-order valence-electron chi connectivity index (χ0n) is 13.1. The van der Waals surface area contributed by atoms with Gasteiger partial charge in [-0.05, 0) is 44.2 Å². The summed E-state index contributed by atoms with van der Waals surface area (Å²) in [5, 5.41) is 0.561. The topological polar surface area (TPSA) is 68.7 Å². The van der Waals surface area contributed by atoms with Crippen molar-refractivity contribution < 1.29 is 13.9 Å². The predicted molar refractivity (Wildman–Crippen MR) is 89.5 cm³/mol. The Morgan fingerprint density at radius 3 is 2.57 bits per heavy atom. The molecular weight excluding hydrogens is 316 g/mol. The van der Waals surface area contributed by atoms with E-state index in [0.29, 0.717) is 35.3 Å². The fraction of sp³-hybridized carbons (Fsp3) is 0.353. The van der Waals surface area contributed by atoms with E-state index in [0.717, 1.165) is 5.56 Å². The number of nitrogens with zero attached hydrogens (tertiary/aromatic N) is 1. The third kappa shape index (κ3) is 3.35. The van der Waals surface area contributed by atoms with Gasteiger partial charge in [-0.15, -0.1) is 0 Å². The van der Waals surface area contributed by atoms with E-state index >= 15 is 0 Å². The summed E-state index contributed by atoms with van der Waals surface area (Å²) in [5.41, 5.74) is 7.19. The standard InChI is InChI=1S/C17H19ClN2O3/c1-10-8-20(9-11(2)22-10)17(21)16-6-5-15(23-16)13-4-3-12(18)7-14(13)19/h3-7,10-11H,8-9,19H2,1-2H3. The normalized spacial score (nSPS) is 21.4. The minimum atomic E-state index is -0.134. The monoisotopic (exact) mass is 334 g/mol. The zero-order chi connectivity index (χ0) is 16.6. The number of hydrogen-bond acceptors (Lipinski definition) is 4. The molecule has 1 aromatic carbocycles. The number of hydrogen-bond donors (Lipinski definition) is 1. The highest BCUT2D eigenvalue weighted by Crippen LogP contribution is 2.30. The van der Waals surface area contributed by atoms with Gasteiger partial charge >= 0.3 is 0 Å². The van der Waals surface area contributed by atoms with Gasteiger partial charge in [0.2, 0.25) is 0 Å². The van der Waals surface area contributed by atoms with Gasteiger partial charge in [0.1, 0.15) is 5.76 Å². The summed E-state index contributed by atoms with van der Waals surface area (Å²) in [6.07, 6.45) is 0.0353. The maximum absolute atomic E-state index is 12.6. The Hall–Kier alpha value is -1.98. The fourth-order valence-corrected chi connectivity index (χ4v) is 3.04. The molecule has 1 amide bonds. The number of carbonyl (C=O) groups is 1. The minimum absolute atomic E-state index is 0.0176. The number of morpholine rings is 1. The summed E-state index contributed by atoms with van der Waals surface area (Å²) in [5.74, 6) is 0.721. The summed E-state index contributed by atoms with van der Waals surface area (Å²) in [6, 6.07) is 8.61. The number of rotatable bonds is 2. The lowest BCUT2D eigenvalue weighted by molar-refractivity contribution is -0.0592. The minimum Gasteiger partial charge on any atom is -0.451 e. The molecule has 1 saturated heterocycles. The summed E-state index contributed by atoms with van der Waals surface area (Å²) < 4.78 is 11.4. The average Bonchev–Trinajstić information content (AvgIpc) is 2.95. The van der Waals surface area contributed by atoms with Crippen LogP contribution in [0.1, 0.15) is 24.4 Å². The summed E-state index contributed by atoms with van der Waals surface area (Å²) in [7, 11) is 0. The molecule has 0 aliphatic carbocycles. The van der Waals surface area contributed by atoms with Crippen molar-refractivity contribution in [1.82, 2.24) is 4.90 Å². The maximum Gasteiger partial charge on any atom is 0.289 e. The first-order valence-electron chi connectivity index (χ1n) is 7.54. The van der Waals surface area contributed by atoms with Gasteiger partial charge in [-0.3, -0.25) is 4.79 Å². The van der Waals surface area contributed by atoms with Crippen LogP contribution in [-0.2, 0) is 4.74 Å². The van der Waals surface area contributed by atoms with Crippen LogP contribution < -0.4 is 5.73 Å². The first-order chi connectivity index (χ1) is 10.9. The molecule has 2 heterocycles. The van der Waals surface area contributed by atoms with Gasteiger partial charge in [0.25, 0.3) is 5.91 Å². The second kappa shape index (κ2) is 6.26. The highest BCUT2D eigenvalue weighted by atomic mass is 35.5. The number of benzene rings is 1. The number of furan rings is 1. The first kappa shape index (κ1) is 15.9. The highest BCUT2D eigenvalue weighted by molar-refractivity contribution is 6.31. The zero-order valence-corrected chi connectivity index (χ0v) is 13.8. The Morgan fingerprint density at radius 2 is 1.91 bits per heavy atom. The van der Waals surface area contributed by atoms with Crippen molar-refractivity contribution in [1.29, 1.82) is 0 Å². The van der Waals surface area contributed by atoms with E-state index in [-0.39, 0.29) is 18.1 Å². The third-order valence-electron chi connectivity index (χ3n) is 3.80. The van der Waals surface area contributed by atoms with E-state index in [4.69, 9.17) is 26.5 Å². The van der Waals surface area contributed by atoms with Crippen molar-refractivity contribution >= 4 is 23.2 Å². The van der Waals surface area contributed by atoms with E-state index in [1.807, 2.05) is 13.8 Å². The van der Waals surface area contributed by atoms with Crippen molar-refractivity contribution in [3.8, 4) is 11.3 Å². The molecule has 1 aromatic heterocycles. The van der Waals surface area contributed by atoms with Crippen LogP contribution in [0.4, 0.5) is 5.69 Å². The first-order valence-corrected chi connectivity index (χ1v) is 7.92. The lowest BCUT2D eigenvalue weighted by Gasteiger charge is -2.34. The van der Waals surface area contributed by atoms with Gasteiger partial charge in [0, 0.05) is 29.4 Å². The quantitative estimate of drug-likeness (QED) is 0.854. The van der Waals surface area contributed by atoms with Crippen LogP contribution in [0, 0.1) is 0 Å². The van der Waals surface area contributed by atoms with E-state index in [9.17, 15) is 4.79 Å². The van der Waals surface area contributed by atoms with Crippen LogP contribution in [0.3, 0.4) is 0 Å². The van der Waals surface area contributed by atoms with Crippen LogP contribution in [-0.4, -0.2) is 36.1 Å². The van der Waals surface area contributed by atoms with Crippen LogP contribution in [0.5, 0.6) is 0 Å². The number of ether oxygens (including phenoxy) is 1. The lowest BCUT2D eigenvalue weighted by atomic mass is 10.1. The van der Waals surface area contributed by atoms with E-state index in [1.165, 1.54) is 0 Å². The van der Waals surface area contributed by atoms with Gasteiger partial charge in [-0.2, -0.15) is 0 Å². The van der Waals surface area contributed by atoms with E-state index < -0.39 is 0 Å². The van der Waals surface area contributed by atoms with Crippen LogP contribution in [0.2, 0.25) is 5.02 Å². The van der Waals surface area contributed by atoms with Crippen molar-refractivity contribution in [2.75, 3.05) is 18.8 Å². The Balaban J connectivity index is 1.82. The van der Waals surface area contributed by atoms with Gasteiger partial charge in [0.05, 0.1) is 12.2 Å². The Bertz CT molecular complexity index is 718. The second-order valence-electron chi connectivity index (χ2n) is 5.86. The van der Waals surface area contributed by atoms with Crippen LogP contribution in [0.25, 0.3) is 11.3 Å². The number of nitrogen functional groups attached to an aromatic ring is 1. The van der Waals surface area contributed by atoms with Crippen LogP contribution >= 0.6 is 11.6 Å². The molecule has 23 heavy (non-hydrogen) atoms. The van der Waals surface area contributed by atoms with Crippen molar-refractivity contribution in [3.63, 3.8) is 0 Å². The number of anilines is 1. The van der Waals surface area contributed by atoms with Crippen molar-refractivity contribution in [2.45, 2.75) is 26.1 Å². The molecule has 0 radical (unpaired) electrons. The van der Waals surface area contributed by atoms with Crippen molar-refractivity contribution in [2.24, 2.45) is 0 Å². The highest BCUT2D eigenvalue weighted by Gasteiger charge is 2.28. The number of carbonyl (C=O) groups excluding carboxylic acids is 1. The molecule has 0 bridgehead atoms. The van der Waals surface area contributed by atoms with Gasteiger partial charge < -0.3 is 19.8 Å². The number of amides is 1. The van der Waals surface area contributed by atoms with Crippen LogP contribution in [0.15, 0.2) is 34.7 Å². The molecule has 0 spiro atoms. The molecule has 1 aliphatic rings. The molecule has 1 aliphatic heterocycles. The Morgan fingerprint density at radius 1 is 1.22 bits per heavy atom. The average molecular weight is 335 g/mol. The number of nitrogens with two attached hydrogens (primary N) is 1. The van der Waals surface area contributed by atoms with Crippen molar-refractivity contribution in [3.05, 3.63) is 41.1 Å².